The summed E-state index contributed by atoms with van der Waals surface area (Å²) in [5, 5.41) is 9.07. The zero-order chi connectivity index (χ0) is 31.1. The van der Waals surface area contributed by atoms with Gasteiger partial charge in [-0.2, -0.15) is 5.26 Å². The molecule has 2 aliphatic rings. The average Bonchev–Trinajstić information content (AvgIpc) is 3.40. The van der Waals surface area contributed by atoms with Crippen molar-refractivity contribution in [3.63, 3.8) is 0 Å². The van der Waals surface area contributed by atoms with Gasteiger partial charge in [0.15, 0.2) is 0 Å². The predicted molar refractivity (Wildman–Crippen MR) is 166 cm³/mol. The van der Waals surface area contributed by atoms with Crippen molar-refractivity contribution in [2.75, 3.05) is 44.2 Å². The fraction of sp³-hybridized carbons (Fsp3) is 0.514. The highest BCUT2D eigenvalue weighted by molar-refractivity contribution is 5.51. The van der Waals surface area contributed by atoms with Crippen LogP contribution in [0.1, 0.15) is 56.0 Å². The Hall–Kier alpha value is -3.61. The van der Waals surface area contributed by atoms with Crippen LogP contribution in [-0.2, 0) is 21.5 Å². The predicted octanol–water partition coefficient (Wildman–Crippen LogP) is 5.90. The molecule has 2 saturated heterocycles. The first-order chi connectivity index (χ1) is 21.3. The van der Waals surface area contributed by atoms with Crippen molar-refractivity contribution in [3.05, 3.63) is 83.4 Å². The average molecular weight is 604 g/mol. The summed E-state index contributed by atoms with van der Waals surface area (Å²) in [5.41, 5.74) is 1.85. The van der Waals surface area contributed by atoms with E-state index in [0.717, 1.165) is 82.3 Å². The summed E-state index contributed by atoms with van der Waals surface area (Å²) in [7, 11) is 0. The maximum Gasteiger partial charge on any atom is 0.145 e. The highest BCUT2D eigenvalue weighted by Crippen LogP contribution is 2.45. The number of hydrogen-bond donors (Lipinski definition) is 0. The van der Waals surface area contributed by atoms with Crippen molar-refractivity contribution in [2.45, 2.75) is 64.0 Å². The zero-order valence-electron chi connectivity index (χ0n) is 25.8. The molecule has 44 heavy (non-hydrogen) atoms. The van der Waals surface area contributed by atoms with Gasteiger partial charge in [0.2, 0.25) is 0 Å². The van der Waals surface area contributed by atoms with Crippen molar-refractivity contribution in [2.24, 2.45) is 11.8 Å². The van der Waals surface area contributed by atoms with E-state index in [4.69, 9.17) is 10.00 Å². The summed E-state index contributed by atoms with van der Waals surface area (Å²) in [6.45, 7) is 9.38. The summed E-state index contributed by atoms with van der Waals surface area (Å²) in [5.74, 6) is 0.408. The second kappa shape index (κ2) is 14.4. The molecule has 2 aromatic carbocycles. The highest BCUT2D eigenvalue weighted by Gasteiger charge is 2.45. The molecule has 9 heteroatoms. The number of imidazole rings is 1. The smallest absolute Gasteiger partial charge is 0.145 e. The first-order valence-electron chi connectivity index (χ1n) is 15.8. The first-order valence-corrected chi connectivity index (χ1v) is 15.8. The Bertz CT molecular complexity index is 1400. The topological polar surface area (TPSA) is 74.4 Å². The van der Waals surface area contributed by atoms with Gasteiger partial charge in [-0.25, -0.2) is 13.8 Å². The van der Waals surface area contributed by atoms with Gasteiger partial charge in [0.05, 0.1) is 17.7 Å². The van der Waals surface area contributed by atoms with Gasteiger partial charge >= 0.3 is 0 Å². The van der Waals surface area contributed by atoms with Crippen LogP contribution >= 0.6 is 0 Å². The summed E-state index contributed by atoms with van der Waals surface area (Å²) >= 11 is 0. The number of rotatable bonds is 14. The van der Waals surface area contributed by atoms with Gasteiger partial charge < -0.3 is 23.9 Å². The highest BCUT2D eigenvalue weighted by atomic mass is 19.1. The van der Waals surface area contributed by atoms with E-state index in [1.54, 1.807) is 6.20 Å². The van der Waals surface area contributed by atoms with Crippen LogP contribution in [0, 0.1) is 41.7 Å². The van der Waals surface area contributed by atoms with Crippen LogP contribution in [0.25, 0.3) is 0 Å². The van der Waals surface area contributed by atoms with Crippen LogP contribution in [-0.4, -0.2) is 66.2 Å². The normalized spacial score (nSPS) is 18.4. The number of aldehydes is 1. The number of aryl methyl sites for hydroxylation is 1. The van der Waals surface area contributed by atoms with Gasteiger partial charge in [0.25, 0.3) is 0 Å². The molecule has 3 heterocycles. The summed E-state index contributed by atoms with van der Waals surface area (Å²) < 4.78 is 37.8. The molecule has 0 spiro atoms. The van der Waals surface area contributed by atoms with Gasteiger partial charge in [-0.1, -0.05) is 13.3 Å². The van der Waals surface area contributed by atoms with E-state index in [9.17, 15) is 13.6 Å². The molecule has 0 radical (unpaired) electrons. The lowest BCUT2D eigenvalue weighted by Crippen LogP contribution is -2.54. The maximum atomic E-state index is 14.9. The van der Waals surface area contributed by atoms with Gasteiger partial charge in [-0.15, -0.1) is 0 Å². The molecule has 3 aromatic rings. The zero-order valence-corrected chi connectivity index (χ0v) is 25.8. The minimum absolute atomic E-state index is 0.00167. The van der Waals surface area contributed by atoms with Crippen LogP contribution in [0.4, 0.5) is 14.5 Å². The van der Waals surface area contributed by atoms with Crippen LogP contribution in [0.3, 0.4) is 0 Å². The molecular formula is C35H43F2N5O2. The second-order valence-electron chi connectivity index (χ2n) is 12.5. The molecule has 0 saturated carbocycles. The van der Waals surface area contributed by atoms with Gasteiger partial charge in [-0.05, 0) is 93.6 Å². The van der Waals surface area contributed by atoms with Crippen molar-refractivity contribution in [3.8, 4) is 6.07 Å². The lowest BCUT2D eigenvalue weighted by molar-refractivity contribution is -0.114. The largest absolute Gasteiger partial charge is 0.371 e. The molecule has 5 rings (SSSR count). The number of carbonyl (C=O) groups is 1. The fourth-order valence-electron chi connectivity index (χ4n) is 7.35. The number of likely N-dealkylation sites (tertiary alicyclic amines) is 1. The van der Waals surface area contributed by atoms with Crippen LogP contribution < -0.4 is 4.90 Å². The molecule has 7 nitrogen and oxygen atoms in total. The monoisotopic (exact) mass is 603 g/mol. The fourth-order valence-corrected chi connectivity index (χ4v) is 7.35. The number of anilines is 1. The van der Waals surface area contributed by atoms with E-state index in [1.807, 2.05) is 37.4 Å². The Morgan fingerprint density at radius 3 is 2.43 bits per heavy atom. The van der Waals surface area contributed by atoms with Gasteiger partial charge in [0, 0.05) is 61.7 Å². The molecule has 0 N–H and O–H groups in total. The van der Waals surface area contributed by atoms with E-state index in [0.29, 0.717) is 30.0 Å². The SMILES string of the molecule is CCCC(CC(Cn1ccnc1C)(c1cc(F)cc(F)c1)C1CCN(CC2CN(c3ccc(C#N)cc3)C2)CC1)OCC=O. The number of halogens is 2. The summed E-state index contributed by atoms with van der Waals surface area (Å²) in [4.78, 5) is 20.6. The van der Waals surface area contributed by atoms with E-state index >= 15 is 0 Å². The molecule has 2 fully saturated rings. The number of hydrogen-bond acceptors (Lipinski definition) is 6. The third-order valence-electron chi connectivity index (χ3n) is 9.62. The van der Waals surface area contributed by atoms with Crippen molar-refractivity contribution >= 4 is 12.0 Å². The minimum atomic E-state index is -0.619. The van der Waals surface area contributed by atoms with Crippen LogP contribution in [0.2, 0.25) is 0 Å². The Labute approximate surface area is 259 Å². The Morgan fingerprint density at radius 1 is 1.14 bits per heavy atom. The van der Waals surface area contributed by atoms with Gasteiger partial charge in [0.1, 0.15) is 30.4 Å². The molecule has 0 amide bonds. The summed E-state index contributed by atoms with van der Waals surface area (Å²) in [6.07, 6.45) is 8.23. The lowest BCUT2D eigenvalue weighted by atomic mass is 9.63. The molecule has 2 aliphatic heterocycles. The Balaban J connectivity index is 1.35. The molecule has 234 valence electrons. The van der Waals surface area contributed by atoms with Crippen molar-refractivity contribution in [1.82, 2.24) is 14.5 Å². The lowest BCUT2D eigenvalue weighted by Gasteiger charge is -2.49. The van der Waals surface area contributed by atoms with E-state index in [2.05, 4.69) is 32.3 Å². The van der Waals surface area contributed by atoms with Crippen LogP contribution in [0.15, 0.2) is 54.9 Å². The van der Waals surface area contributed by atoms with Crippen molar-refractivity contribution in [1.29, 1.82) is 5.26 Å². The molecular weight excluding hydrogens is 560 g/mol. The maximum absolute atomic E-state index is 14.9. The third-order valence-corrected chi connectivity index (χ3v) is 9.62. The standard InChI is InChI=1S/C35H43F2N5O2/c1-3-4-34(44-16-15-43)20-35(25-41-14-11-39-26(41)2,30-17-31(36)19-32(37)18-30)29-9-12-40(13-10-29)22-28-23-42(24-28)33-7-5-27(21-38)6-8-33/h5-8,11,14-15,17-19,28-29,34H,3-4,9-10,12-13,16,20,22-25H2,1-2H3. The molecule has 1 aromatic heterocycles. The van der Waals surface area contributed by atoms with E-state index in [-0.39, 0.29) is 18.6 Å². The molecule has 0 bridgehead atoms. The number of piperidine rings is 1. The minimum Gasteiger partial charge on any atom is -0.371 e. The summed E-state index contributed by atoms with van der Waals surface area (Å²) in [6, 6.07) is 13.9. The number of benzene rings is 2. The number of carbonyl (C=O) groups excluding carboxylic acids is 1. The van der Waals surface area contributed by atoms with Crippen LogP contribution in [0.5, 0.6) is 0 Å². The number of aromatic nitrogens is 2. The van der Waals surface area contributed by atoms with Gasteiger partial charge in [-0.3, -0.25) is 0 Å². The molecule has 2 unspecified atom stereocenters. The van der Waals surface area contributed by atoms with E-state index in [1.165, 1.54) is 12.1 Å². The first kappa shape index (κ1) is 31.8. The quantitative estimate of drug-likeness (QED) is 0.214. The van der Waals surface area contributed by atoms with E-state index < -0.39 is 17.0 Å². The van der Waals surface area contributed by atoms with Crippen molar-refractivity contribution < 1.29 is 18.3 Å². The number of nitrogens with zero attached hydrogens (tertiary/aromatic N) is 5. The molecule has 0 aliphatic carbocycles. The number of ether oxygens (including phenoxy) is 1. The third kappa shape index (κ3) is 7.36. The second-order valence-corrected chi connectivity index (χ2v) is 12.5. The Kier molecular flexibility index (Phi) is 10.4. The number of nitriles is 1. The Morgan fingerprint density at radius 2 is 1.84 bits per heavy atom. The molecule has 2 atom stereocenters.